The maximum Gasteiger partial charge on any atom is 0.201 e. The second-order valence-corrected chi connectivity index (χ2v) is 4.78. The molecule has 4 heteroatoms. The molecule has 1 aromatic carbocycles. The van der Waals surface area contributed by atoms with E-state index in [4.69, 9.17) is 4.74 Å². The molecule has 0 N–H and O–H groups in total. The SMILES string of the molecule is CCOc1cc(C)c(/C(F)=C(\C)C(C)C)c(F)c1F. The monoisotopic (exact) mass is 272 g/mol. The summed E-state index contributed by atoms with van der Waals surface area (Å²) in [6.07, 6.45) is 0. The molecule has 0 radical (unpaired) electrons. The molecule has 1 nitrogen and oxygen atoms in total. The molecule has 0 bridgehead atoms. The molecule has 106 valence electrons. The number of allylic oxidation sites excluding steroid dienone is 1. The summed E-state index contributed by atoms with van der Waals surface area (Å²) in [6, 6.07) is 1.32. The van der Waals surface area contributed by atoms with Crippen LogP contribution in [0.25, 0.3) is 5.83 Å². The Bertz CT molecular complexity index is 505. The predicted molar refractivity (Wildman–Crippen MR) is 70.8 cm³/mol. The normalized spacial score (nSPS) is 12.7. The maximum atomic E-state index is 14.2. The minimum atomic E-state index is -1.19. The van der Waals surface area contributed by atoms with Crippen molar-refractivity contribution in [2.75, 3.05) is 6.61 Å². The molecule has 0 saturated heterocycles. The van der Waals surface area contributed by atoms with Gasteiger partial charge >= 0.3 is 0 Å². The number of benzene rings is 1. The summed E-state index contributed by atoms with van der Waals surface area (Å²) in [5.41, 5.74) is 0.401. The van der Waals surface area contributed by atoms with Crippen molar-refractivity contribution in [3.63, 3.8) is 0 Å². The van der Waals surface area contributed by atoms with Crippen molar-refractivity contribution in [2.45, 2.75) is 34.6 Å². The van der Waals surface area contributed by atoms with Gasteiger partial charge in [0.25, 0.3) is 0 Å². The number of halogens is 3. The highest BCUT2D eigenvalue weighted by Gasteiger charge is 2.22. The molecule has 1 rings (SSSR count). The predicted octanol–water partition coefficient (Wildman–Crippen LogP) is 5.03. The molecule has 0 spiro atoms. The van der Waals surface area contributed by atoms with E-state index in [1.165, 1.54) is 13.0 Å². The zero-order valence-corrected chi connectivity index (χ0v) is 11.9. The van der Waals surface area contributed by atoms with Crippen molar-refractivity contribution in [3.05, 3.63) is 34.4 Å². The second kappa shape index (κ2) is 6.13. The number of rotatable bonds is 4. The Balaban J connectivity index is 3.47. The lowest BCUT2D eigenvalue weighted by Gasteiger charge is -2.14. The third-order valence-corrected chi connectivity index (χ3v) is 3.10. The first-order valence-electron chi connectivity index (χ1n) is 6.29. The fourth-order valence-electron chi connectivity index (χ4n) is 1.70. The summed E-state index contributed by atoms with van der Waals surface area (Å²) in [5.74, 6) is -3.30. The van der Waals surface area contributed by atoms with Gasteiger partial charge in [0.05, 0.1) is 12.2 Å². The zero-order valence-electron chi connectivity index (χ0n) is 11.9. The Morgan fingerprint density at radius 3 is 2.32 bits per heavy atom. The van der Waals surface area contributed by atoms with Gasteiger partial charge < -0.3 is 4.74 Å². The van der Waals surface area contributed by atoms with E-state index in [1.54, 1.807) is 27.7 Å². The Morgan fingerprint density at radius 2 is 1.84 bits per heavy atom. The second-order valence-electron chi connectivity index (χ2n) is 4.78. The van der Waals surface area contributed by atoms with Gasteiger partial charge in [-0.25, -0.2) is 8.78 Å². The number of ether oxygens (including phenoxy) is 1. The average molecular weight is 272 g/mol. The first kappa shape index (κ1) is 15.6. The van der Waals surface area contributed by atoms with Gasteiger partial charge in [-0.1, -0.05) is 13.8 Å². The van der Waals surface area contributed by atoms with Gasteiger partial charge in [-0.05, 0) is 43.9 Å². The topological polar surface area (TPSA) is 9.23 Å². The largest absolute Gasteiger partial charge is 0.491 e. The van der Waals surface area contributed by atoms with Crippen molar-refractivity contribution in [1.29, 1.82) is 0 Å². The summed E-state index contributed by atoms with van der Waals surface area (Å²) < 4.78 is 47.0. The minimum Gasteiger partial charge on any atom is -0.491 e. The highest BCUT2D eigenvalue weighted by molar-refractivity contribution is 5.67. The molecule has 0 aromatic heterocycles. The molecular formula is C15H19F3O. The van der Waals surface area contributed by atoms with Crippen molar-refractivity contribution in [1.82, 2.24) is 0 Å². The van der Waals surface area contributed by atoms with E-state index in [0.29, 0.717) is 11.1 Å². The van der Waals surface area contributed by atoms with Gasteiger partial charge in [0.15, 0.2) is 11.6 Å². The van der Waals surface area contributed by atoms with E-state index in [2.05, 4.69) is 0 Å². The van der Waals surface area contributed by atoms with Crippen LogP contribution < -0.4 is 4.74 Å². The van der Waals surface area contributed by atoms with E-state index in [0.717, 1.165) is 0 Å². The van der Waals surface area contributed by atoms with Crippen LogP contribution in [0, 0.1) is 24.5 Å². The summed E-state index contributed by atoms with van der Waals surface area (Å²) in [5, 5.41) is 0. The van der Waals surface area contributed by atoms with E-state index in [-0.39, 0.29) is 23.8 Å². The molecule has 0 aliphatic heterocycles. The van der Waals surface area contributed by atoms with E-state index >= 15 is 0 Å². The number of hydrogen-bond acceptors (Lipinski definition) is 1. The van der Waals surface area contributed by atoms with Gasteiger partial charge in [0, 0.05) is 0 Å². The van der Waals surface area contributed by atoms with E-state index < -0.39 is 17.5 Å². The highest BCUT2D eigenvalue weighted by Crippen LogP contribution is 2.34. The highest BCUT2D eigenvalue weighted by atomic mass is 19.2. The third kappa shape index (κ3) is 3.11. The van der Waals surface area contributed by atoms with Crippen LogP contribution in [0.15, 0.2) is 11.6 Å². The lowest BCUT2D eigenvalue weighted by molar-refractivity contribution is 0.313. The molecule has 0 unspecified atom stereocenters. The smallest absolute Gasteiger partial charge is 0.201 e. The average Bonchev–Trinajstić information content (AvgIpc) is 2.34. The molecule has 0 amide bonds. The Morgan fingerprint density at radius 1 is 1.26 bits per heavy atom. The number of aryl methyl sites for hydroxylation is 1. The molecular weight excluding hydrogens is 253 g/mol. The molecule has 0 heterocycles. The maximum absolute atomic E-state index is 14.2. The minimum absolute atomic E-state index is 0.0755. The van der Waals surface area contributed by atoms with Crippen LogP contribution in [-0.2, 0) is 0 Å². The Kier molecular flexibility index (Phi) is 5.04. The Labute approximate surface area is 112 Å². The molecule has 0 atom stereocenters. The lowest BCUT2D eigenvalue weighted by Crippen LogP contribution is -2.03. The van der Waals surface area contributed by atoms with Gasteiger partial charge in [-0.2, -0.15) is 4.39 Å². The van der Waals surface area contributed by atoms with Gasteiger partial charge in [-0.15, -0.1) is 0 Å². The van der Waals surface area contributed by atoms with Crippen LogP contribution in [0.2, 0.25) is 0 Å². The standard InChI is InChI=1S/C15H19F3O/c1-6-19-11-7-9(4)12(15(18)14(11)17)13(16)10(5)8(2)3/h7-8H,6H2,1-5H3/b13-10-. The lowest BCUT2D eigenvalue weighted by atomic mass is 9.97. The first-order chi connectivity index (χ1) is 8.81. The quantitative estimate of drug-likeness (QED) is 0.747. The summed E-state index contributed by atoms with van der Waals surface area (Å²) in [4.78, 5) is 0. The van der Waals surface area contributed by atoms with Crippen LogP contribution in [0.5, 0.6) is 5.75 Å². The van der Waals surface area contributed by atoms with Crippen molar-refractivity contribution in [3.8, 4) is 5.75 Å². The molecule has 0 aliphatic carbocycles. The number of hydrogen-bond donors (Lipinski definition) is 0. The fraction of sp³-hybridized carbons (Fsp3) is 0.467. The summed E-state index contributed by atoms with van der Waals surface area (Å²) >= 11 is 0. The molecule has 0 saturated carbocycles. The molecule has 1 aromatic rings. The Hall–Kier alpha value is -1.45. The van der Waals surface area contributed by atoms with Crippen molar-refractivity contribution < 1.29 is 17.9 Å². The first-order valence-corrected chi connectivity index (χ1v) is 6.29. The summed E-state index contributed by atoms with van der Waals surface area (Å²) in [7, 11) is 0. The van der Waals surface area contributed by atoms with Crippen molar-refractivity contribution >= 4 is 5.83 Å². The van der Waals surface area contributed by atoms with Crippen LogP contribution in [0.4, 0.5) is 13.2 Å². The van der Waals surface area contributed by atoms with Crippen LogP contribution in [-0.4, -0.2) is 6.61 Å². The van der Waals surface area contributed by atoms with E-state index in [9.17, 15) is 13.2 Å². The summed E-state index contributed by atoms with van der Waals surface area (Å²) in [6.45, 7) is 8.60. The molecule has 0 fully saturated rings. The van der Waals surface area contributed by atoms with Gasteiger partial charge in [0.1, 0.15) is 5.83 Å². The van der Waals surface area contributed by atoms with Crippen LogP contribution >= 0.6 is 0 Å². The van der Waals surface area contributed by atoms with Gasteiger partial charge in [-0.3, -0.25) is 0 Å². The third-order valence-electron chi connectivity index (χ3n) is 3.10. The molecule has 19 heavy (non-hydrogen) atoms. The van der Waals surface area contributed by atoms with Crippen LogP contribution in [0.1, 0.15) is 38.8 Å². The van der Waals surface area contributed by atoms with Crippen molar-refractivity contribution in [2.24, 2.45) is 5.92 Å². The van der Waals surface area contributed by atoms with E-state index in [1.807, 2.05) is 0 Å². The van der Waals surface area contributed by atoms with Gasteiger partial charge in [0.2, 0.25) is 5.82 Å². The zero-order chi connectivity index (χ0) is 14.7. The fourth-order valence-corrected chi connectivity index (χ4v) is 1.70. The van der Waals surface area contributed by atoms with Crippen LogP contribution in [0.3, 0.4) is 0 Å². The molecule has 0 aliphatic rings.